The average Bonchev–Trinajstić information content (AvgIpc) is 2.90. The summed E-state index contributed by atoms with van der Waals surface area (Å²) in [5.74, 6) is 0.284. The number of methoxy groups -OCH3 is 1. The summed E-state index contributed by atoms with van der Waals surface area (Å²) in [6.45, 7) is -1.47. The molecule has 0 atom stereocenters. The van der Waals surface area contributed by atoms with E-state index >= 15 is 0 Å². The Hall–Kier alpha value is -4.55. The smallest absolute Gasteiger partial charge is 0.422 e. The summed E-state index contributed by atoms with van der Waals surface area (Å²) in [5.41, 5.74) is 1.78. The Labute approximate surface area is 218 Å². The van der Waals surface area contributed by atoms with Gasteiger partial charge < -0.3 is 20.1 Å². The van der Waals surface area contributed by atoms with Crippen LogP contribution in [0, 0.1) is 0 Å². The van der Waals surface area contributed by atoms with Gasteiger partial charge in [-0.15, -0.1) is 0 Å². The molecule has 3 aromatic carbocycles. The van der Waals surface area contributed by atoms with Crippen LogP contribution in [-0.4, -0.2) is 34.8 Å². The molecule has 4 aromatic rings. The molecule has 39 heavy (non-hydrogen) atoms. The number of rotatable bonds is 9. The summed E-state index contributed by atoms with van der Waals surface area (Å²) in [6.07, 6.45) is -9.24. The highest BCUT2D eigenvalue weighted by Crippen LogP contribution is 2.31. The number of aromatic nitrogens is 3. The van der Waals surface area contributed by atoms with E-state index in [1.807, 2.05) is 48.5 Å². The van der Waals surface area contributed by atoms with Gasteiger partial charge in [-0.05, 0) is 47.0 Å². The lowest BCUT2D eigenvalue weighted by molar-refractivity contribution is -0.154. The highest BCUT2D eigenvalue weighted by molar-refractivity contribution is 5.64. The first-order valence-electron chi connectivity index (χ1n) is 11.4. The molecule has 204 valence electrons. The van der Waals surface area contributed by atoms with Crippen molar-refractivity contribution < 1.29 is 35.8 Å². The normalized spacial score (nSPS) is 11.7. The van der Waals surface area contributed by atoms with E-state index < -0.39 is 30.5 Å². The summed E-state index contributed by atoms with van der Waals surface area (Å²) >= 11 is 0. The van der Waals surface area contributed by atoms with Crippen molar-refractivity contribution in [2.45, 2.75) is 18.9 Å². The highest BCUT2D eigenvalue weighted by Gasteiger charge is 2.31. The van der Waals surface area contributed by atoms with E-state index in [0.717, 1.165) is 34.6 Å². The summed E-state index contributed by atoms with van der Waals surface area (Å²) in [4.78, 5) is 11.7. The molecule has 0 saturated carbocycles. The van der Waals surface area contributed by atoms with E-state index in [2.05, 4.69) is 30.3 Å². The average molecular weight is 549 g/mol. The maximum absolute atomic E-state index is 13.1. The molecular formula is C26H21F6N5O2. The Morgan fingerprint density at radius 3 is 2.03 bits per heavy atom. The molecule has 7 nitrogen and oxygen atoms in total. The Kier molecular flexibility index (Phi) is 8.07. The first-order valence-corrected chi connectivity index (χ1v) is 11.4. The van der Waals surface area contributed by atoms with Crippen molar-refractivity contribution >= 4 is 17.6 Å². The van der Waals surface area contributed by atoms with E-state index in [9.17, 15) is 26.3 Å². The molecule has 2 N–H and O–H groups in total. The Bertz CT molecular complexity index is 1390. The number of hydrogen-bond acceptors (Lipinski definition) is 7. The van der Waals surface area contributed by atoms with Gasteiger partial charge in [0.25, 0.3) is 0 Å². The molecule has 0 bridgehead atoms. The van der Waals surface area contributed by atoms with Crippen molar-refractivity contribution in [3.8, 4) is 22.9 Å². The molecule has 4 rings (SSSR count). The quantitative estimate of drug-likeness (QED) is 0.221. The second-order valence-electron chi connectivity index (χ2n) is 8.15. The van der Waals surface area contributed by atoms with Crippen molar-refractivity contribution in [1.29, 1.82) is 0 Å². The predicted octanol–water partition coefficient (Wildman–Crippen LogP) is 6.86. The summed E-state index contributed by atoms with van der Waals surface area (Å²) in [6, 6.07) is 18.5. The van der Waals surface area contributed by atoms with Gasteiger partial charge in [-0.2, -0.15) is 41.3 Å². The third-order valence-corrected chi connectivity index (χ3v) is 5.25. The monoisotopic (exact) mass is 549 g/mol. The van der Waals surface area contributed by atoms with Gasteiger partial charge in [0, 0.05) is 12.2 Å². The van der Waals surface area contributed by atoms with Gasteiger partial charge in [0.05, 0.1) is 12.7 Å². The topological polar surface area (TPSA) is 81.2 Å². The molecule has 0 amide bonds. The summed E-state index contributed by atoms with van der Waals surface area (Å²) in [5, 5.41) is 5.43. The SMILES string of the molecule is COc1ccc(-c2ccc(CNc3nc(Nc4cccc(C(F)(F)F)c4)nc(OCC(F)(F)F)n3)cc2)cc1. The molecule has 0 unspecified atom stereocenters. The van der Waals surface area contributed by atoms with Crippen LogP contribution in [0.1, 0.15) is 11.1 Å². The third-order valence-electron chi connectivity index (χ3n) is 5.25. The van der Waals surface area contributed by atoms with Crippen molar-refractivity contribution in [3.63, 3.8) is 0 Å². The lowest BCUT2D eigenvalue weighted by Crippen LogP contribution is -2.21. The van der Waals surface area contributed by atoms with Crippen LogP contribution in [0.5, 0.6) is 11.8 Å². The molecule has 1 aromatic heterocycles. The molecule has 0 fully saturated rings. The largest absolute Gasteiger partial charge is 0.497 e. The number of halogens is 6. The molecule has 1 heterocycles. The van der Waals surface area contributed by atoms with E-state index in [1.165, 1.54) is 12.1 Å². The van der Waals surface area contributed by atoms with Crippen molar-refractivity contribution in [1.82, 2.24) is 15.0 Å². The second kappa shape index (κ2) is 11.5. The van der Waals surface area contributed by atoms with Gasteiger partial charge in [0.2, 0.25) is 11.9 Å². The van der Waals surface area contributed by atoms with Gasteiger partial charge in [-0.3, -0.25) is 0 Å². The zero-order valence-corrected chi connectivity index (χ0v) is 20.3. The minimum Gasteiger partial charge on any atom is -0.497 e. The van der Waals surface area contributed by atoms with Crippen LogP contribution in [0.3, 0.4) is 0 Å². The number of anilines is 3. The predicted molar refractivity (Wildman–Crippen MR) is 132 cm³/mol. The number of ether oxygens (including phenoxy) is 2. The molecule has 0 aliphatic rings. The van der Waals surface area contributed by atoms with Gasteiger partial charge in [0.1, 0.15) is 5.75 Å². The fraction of sp³-hybridized carbons (Fsp3) is 0.192. The fourth-order valence-corrected chi connectivity index (χ4v) is 3.38. The van der Waals surface area contributed by atoms with Crippen LogP contribution >= 0.6 is 0 Å². The van der Waals surface area contributed by atoms with Crippen molar-refractivity contribution in [3.05, 3.63) is 83.9 Å². The van der Waals surface area contributed by atoms with E-state index in [-0.39, 0.29) is 24.1 Å². The van der Waals surface area contributed by atoms with Gasteiger partial charge in [-0.25, -0.2) is 0 Å². The van der Waals surface area contributed by atoms with Crippen LogP contribution in [-0.2, 0) is 12.7 Å². The highest BCUT2D eigenvalue weighted by atomic mass is 19.4. The van der Waals surface area contributed by atoms with Crippen LogP contribution < -0.4 is 20.1 Å². The number of benzene rings is 3. The number of alkyl halides is 6. The number of nitrogens with one attached hydrogen (secondary N) is 2. The lowest BCUT2D eigenvalue weighted by atomic mass is 10.0. The molecule has 13 heteroatoms. The molecule has 0 aliphatic heterocycles. The zero-order valence-electron chi connectivity index (χ0n) is 20.3. The Morgan fingerprint density at radius 2 is 1.41 bits per heavy atom. The maximum atomic E-state index is 13.1. The maximum Gasteiger partial charge on any atom is 0.422 e. The van der Waals surface area contributed by atoms with Crippen LogP contribution in [0.15, 0.2) is 72.8 Å². The van der Waals surface area contributed by atoms with Crippen LogP contribution in [0.4, 0.5) is 43.9 Å². The van der Waals surface area contributed by atoms with E-state index in [4.69, 9.17) is 4.74 Å². The second-order valence-corrected chi connectivity index (χ2v) is 8.15. The van der Waals surface area contributed by atoms with E-state index in [0.29, 0.717) is 0 Å². The minimum absolute atomic E-state index is 0.0298. The Morgan fingerprint density at radius 1 is 0.769 bits per heavy atom. The zero-order chi connectivity index (χ0) is 28.0. The first kappa shape index (κ1) is 27.5. The van der Waals surface area contributed by atoms with Gasteiger partial charge >= 0.3 is 18.4 Å². The molecule has 0 radical (unpaired) electrons. The minimum atomic E-state index is -4.65. The van der Waals surface area contributed by atoms with Gasteiger partial charge in [-0.1, -0.05) is 42.5 Å². The van der Waals surface area contributed by atoms with Gasteiger partial charge in [0.15, 0.2) is 6.61 Å². The first-order chi connectivity index (χ1) is 18.5. The summed E-state index contributed by atoms with van der Waals surface area (Å²) in [7, 11) is 1.58. The number of nitrogens with zero attached hydrogens (tertiary/aromatic N) is 3. The summed E-state index contributed by atoms with van der Waals surface area (Å²) < 4.78 is 87.0. The molecule has 0 aliphatic carbocycles. The standard InChI is InChI=1S/C26H21F6N5O2/c1-38-21-11-9-18(10-12-21)17-7-5-16(6-8-17)14-33-22-35-23(37-24(36-22)39-15-25(27,28)29)34-20-4-2-3-19(13-20)26(30,31)32/h2-13H,14-15H2,1H3,(H2,33,34,35,36,37). The number of hydrogen-bond donors (Lipinski definition) is 2. The molecular weight excluding hydrogens is 528 g/mol. The van der Waals surface area contributed by atoms with Crippen LogP contribution in [0.25, 0.3) is 11.1 Å². The lowest BCUT2D eigenvalue weighted by Gasteiger charge is -2.13. The van der Waals surface area contributed by atoms with Crippen LogP contribution in [0.2, 0.25) is 0 Å². The van der Waals surface area contributed by atoms with Crippen molar-refractivity contribution in [2.75, 3.05) is 24.4 Å². The fourth-order valence-electron chi connectivity index (χ4n) is 3.38. The molecule has 0 spiro atoms. The van der Waals surface area contributed by atoms with E-state index in [1.54, 1.807) is 7.11 Å². The third kappa shape index (κ3) is 7.97. The van der Waals surface area contributed by atoms with Crippen molar-refractivity contribution in [2.24, 2.45) is 0 Å². The molecule has 0 saturated heterocycles. The Balaban J connectivity index is 1.50.